The Balaban J connectivity index is 1.78. The lowest BCUT2D eigenvalue weighted by Crippen LogP contribution is -2.28. The molecule has 1 aliphatic rings. The molecule has 8 heteroatoms. The second-order valence-corrected chi connectivity index (χ2v) is 8.65. The molecule has 3 aromatic rings. The van der Waals surface area contributed by atoms with Crippen LogP contribution in [0, 0.1) is 13.8 Å². The number of benzene rings is 2. The summed E-state index contributed by atoms with van der Waals surface area (Å²) in [6.45, 7) is 7.02. The predicted molar refractivity (Wildman–Crippen MR) is 126 cm³/mol. The molecule has 0 N–H and O–H groups in total. The van der Waals surface area contributed by atoms with Gasteiger partial charge in [-0.05, 0) is 60.5 Å². The van der Waals surface area contributed by atoms with Crippen molar-refractivity contribution in [2.75, 3.05) is 12.1 Å². The van der Waals surface area contributed by atoms with E-state index in [1.54, 1.807) is 11.7 Å². The molecule has 1 aromatic heterocycles. The summed E-state index contributed by atoms with van der Waals surface area (Å²) in [5.41, 5.74) is 4.18. The van der Waals surface area contributed by atoms with E-state index in [-0.39, 0.29) is 11.8 Å². The molecule has 2 heterocycles. The molecule has 4 rings (SSSR count). The number of ether oxygens (including phenoxy) is 1. The number of hydrogen-bond acceptors (Lipinski definition) is 6. The number of hydrazone groups is 1. The summed E-state index contributed by atoms with van der Waals surface area (Å²) in [7, 11) is 1.62. The molecular formula is C24H24N4O3S. The zero-order valence-electron chi connectivity index (χ0n) is 18.7. The van der Waals surface area contributed by atoms with Crippen molar-refractivity contribution in [1.29, 1.82) is 0 Å². The zero-order valence-corrected chi connectivity index (χ0v) is 19.5. The number of fused-ring (bicyclic) bond motifs is 1. The highest BCUT2D eigenvalue weighted by atomic mass is 32.2. The normalized spacial score (nSPS) is 12.9. The van der Waals surface area contributed by atoms with Crippen molar-refractivity contribution in [1.82, 2.24) is 9.55 Å². The van der Waals surface area contributed by atoms with Crippen LogP contribution in [0.25, 0.3) is 0 Å². The van der Waals surface area contributed by atoms with Crippen molar-refractivity contribution >= 4 is 34.4 Å². The van der Waals surface area contributed by atoms with Crippen molar-refractivity contribution in [2.45, 2.75) is 39.1 Å². The molecule has 0 saturated heterocycles. The van der Waals surface area contributed by atoms with Crippen LogP contribution in [0.2, 0.25) is 0 Å². The van der Waals surface area contributed by atoms with E-state index in [1.807, 2.05) is 56.3 Å². The summed E-state index contributed by atoms with van der Waals surface area (Å²) in [6.07, 6.45) is 0.432. The van der Waals surface area contributed by atoms with Gasteiger partial charge in [-0.25, -0.2) is 4.98 Å². The molecule has 0 saturated carbocycles. The number of aromatic nitrogens is 2. The minimum atomic E-state index is -0.267. The number of hydrogen-bond donors (Lipinski definition) is 0. The molecule has 2 aromatic carbocycles. The lowest BCUT2D eigenvalue weighted by molar-refractivity contribution is -0.116. The van der Waals surface area contributed by atoms with Gasteiger partial charge >= 0.3 is 0 Å². The molecule has 7 nitrogen and oxygen atoms in total. The number of imidazole rings is 1. The maximum atomic E-state index is 12.7. The highest BCUT2D eigenvalue weighted by molar-refractivity contribution is 8.14. The maximum Gasteiger partial charge on any atom is 0.245 e. The first-order valence-electron chi connectivity index (χ1n) is 10.2. The minimum absolute atomic E-state index is 0.167. The number of aryl methyl sites for hydroxylation is 2. The summed E-state index contributed by atoms with van der Waals surface area (Å²) in [4.78, 5) is 29.8. The van der Waals surface area contributed by atoms with Crippen LogP contribution in [0.4, 0.5) is 5.82 Å². The van der Waals surface area contributed by atoms with Crippen LogP contribution in [0.5, 0.6) is 5.75 Å². The van der Waals surface area contributed by atoms with Crippen LogP contribution in [-0.4, -0.2) is 33.5 Å². The first-order valence-corrected chi connectivity index (χ1v) is 11.0. The van der Waals surface area contributed by atoms with Gasteiger partial charge < -0.3 is 4.74 Å². The number of amides is 1. The third-order valence-corrected chi connectivity index (χ3v) is 6.43. The summed E-state index contributed by atoms with van der Waals surface area (Å²) >= 11 is 1.35. The molecule has 164 valence electrons. The van der Waals surface area contributed by atoms with Gasteiger partial charge in [0.2, 0.25) is 11.8 Å². The fourth-order valence-corrected chi connectivity index (χ4v) is 4.60. The largest absolute Gasteiger partial charge is 0.497 e. The zero-order chi connectivity index (χ0) is 23.0. The lowest BCUT2D eigenvalue weighted by atomic mass is 10.1. The van der Waals surface area contributed by atoms with Crippen molar-refractivity contribution in [3.63, 3.8) is 0 Å². The fraction of sp³-hybridized carbons (Fsp3) is 0.250. The average molecular weight is 449 g/mol. The average Bonchev–Trinajstić information content (AvgIpc) is 3.13. The third kappa shape index (κ3) is 4.05. The second-order valence-electron chi connectivity index (χ2n) is 7.67. The van der Waals surface area contributed by atoms with Gasteiger partial charge in [0, 0.05) is 25.8 Å². The number of thioether (sulfide) groups is 1. The van der Waals surface area contributed by atoms with Gasteiger partial charge in [0.1, 0.15) is 21.6 Å². The Kier molecular flexibility index (Phi) is 5.88. The predicted octanol–water partition coefficient (Wildman–Crippen LogP) is 4.58. The van der Waals surface area contributed by atoms with E-state index < -0.39 is 0 Å². The van der Waals surface area contributed by atoms with Gasteiger partial charge in [-0.1, -0.05) is 24.3 Å². The molecule has 0 bridgehead atoms. The third-order valence-electron chi connectivity index (χ3n) is 5.36. The van der Waals surface area contributed by atoms with Crippen LogP contribution < -0.4 is 9.75 Å². The number of carbonyl (C=O) groups is 2. The van der Waals surface area contributed by atoms with Crippen LogP contribution in [0.3, 0.4) is 0 Å². The van der Waals surface area contributed by atoms with E-state index in [0.29, 0.717) is 28.1 Å². The summed E-state index contributed by atoms with van der Waals surface area (Å²) in [5.74, 6) is 1.26. The van der Waals surface area contributed by atoms with E-state index in [4.69, 9.17) is 4.74 Å². The van der Waals surface area contributed by atoms with Crippen LogP contribution >= 0.6 is 11.8 Å². The van der Waals surface area contributed by atoms with Crippen LogP contribution in [0.1, 0.15) is 46.7 Å². The molecule has 0 unspecified atom stereocenters. The monoisotopic (exact) mass is 448 g/mol. The first kappa shape index (κ1) is 21.8. The Morgan fingerprint density at radius 3 is 2.31 bits per heavy atom. The van der Waals surface area contributed by atoms with E-state index in [1.165, 1.54) is 36.2 Å². The molecular weight excluding hydrogens is 424 g/mol. The maximum absolute atomic E-state index is 12.7. The molecule has 0 aliphatic carbocycles. The Bertz CT molecular complexity index is 1240. The van der Waals surface area contributed by atoms with Gasteiger partial charge in [-0.15, -0.1) is 0 Å². The SMILES string of the molecule is COc1ccc(Cc2nc3c(n2C(C)=O)SC(c2ccc(C)c(C)c2)=NN3C(C)=O)cc1. The van der Waals surface area contributed by atoms with E-state index in [0.717, 1.165) is 22.4 Å². The molecule has 1 aliphatic heterocycles. The number of rotatable bonds is 4. The Hall–Kier alpha value is -3.39. The summed E-state index contributed by atoms with van der Waals surface area (Å²) < 4.78 is 6.80. The molecule has 1 amide bonds. The van der Waals surface area contributed by atoms with E-state index in [9.17, 15) is 9.59 Å². The smallest absolute Gasteiger partial charge is 0.245 e. The number of methoxy groups -OCH3 is 1. The van der Waals surface area contributed by atoms with Crippen molar-refractivity contribution in [2.24, 2.45) is 5.10 Å². The van der Waals surface area contributed by atoms with E-state index in [2.05, 4.69) is 10.1 Å². The molecule has 0 radical (unpaired) electrons. The van der Waals surface area contributed by atoms with Gasteiger partial charge in [0.15, 0.2) is 5.82 Å². The highest BCUT2D eigenvalue weighted by Gasteiger charge is 2.32. The number of carbonyl (C=O) groups excluding carboxylic acids is 2. The summed E-state index contributed by atoms with van der Waals surface area (Å²) in [6, 6.07) is 13.6. The Labute approximate surface area is 191 Å². The number of anilines is 1. The molecule has 0 spiro atoms. The Morgan fingerprint density at radius 2 is 1.72 bits per heavy atom. The van der Waals surface area contributed by atoms with Gasteiger partial charge in [-0.3, -0.25) is 14.2 Å². The van der Waals surface area contributed by atoms with Crippen LogP contribution in [-0.2, 0) is 11.2 Å². The minimum Gasteiger partial charge on any atom is -0.497 e. The molecule has 0 fully saturated rings. The number of nitrogens with zero attached hydrogens (tertiary/aromatic N) is 4. The van der Waals surface area contributed by atoms with Crippen molar-refractivity contribution < 1.29 is 14.3 Å². The Morgan fingerprint density at radius 1 is 1.00 bits per heavy atom. The summed E-state index contributed by atoms with van der Waals surface area (Å²) in [5, 5.41) is 7.10. The second kappa shape index (κ2) is 8.63. The van der Waals surface area contributed by atoms with Gasteiger partial charge in [-0.2, -0.15) is 10.1 Å². The van der Waals surface area contributed by atoms with Crippen molar-refractivity contribution in [3.05, 3.63) is 70.5 Å². The quantitative estimate of drug-likeness (QED) is 0.584. The lowest BCUT2D eigenvalue weighted by Gasteiger charge is -2.22. The standard InChI is InChI=1S/C24H24N4O3S/c1-14-6-9-19(12-15(14)2)23-26-28(17(4)30)22-24(32-23)27(16(3)29)21(25-22)13-18-7-10-20(31-5)11-8-18/h6-12H,13H2,1-5H3. The fourth-order valence-electron chi connectivity index (χ4n) is 3.50. The molecule has 0 atom stereocenters. The van der Waals surface area contributed by atoms with Gasteiger partial charge in [0.25, 0.3) is 0 Å². The van der Waals surface area contributed by atoms with Gasteiger partial charge in [0.05, 0.1) is 7.11 Å². The van der Waals surface area contributed by atoms with Crippen LogP contribution in [0.15, 0.2) is 52.6 Å². The molecule has 32 heavy (non-hydrogen) atoms. The van der Waals surface area contributed by atoms with E-state index >= 15 is 0 Å². The van der Waals surface area contributed by atoms with Crippen molar-refractivity contribution in [3.8, 4) is 5.75 Å². The first-order chi connectivity index (χ1) is 15.3. The topological polar surface area (TPSA) is 76.8 Å². The highest BCUT2D eigenvalue weighted by Crippen LogP contribution is 2.39.